The quantitative estimate of drug-likeness (QED) is 0.846. The first-order chi connectivity index (χ1) is 8.11. The van der Waals surface area contributed by atoms with Gasteiger partial charge < -0.3 is 10.2 Å². The van der Waals surface area contributed by atoms with E-state index in [0.29, 0.717) is 0 Å². The Labute approximate surface area is 103 Å². The molecule has 1 heterocycles. The van der Waals surface area contributed by atoms with Crippen LogP contribution >= 0.6 is 0 Å². The van der Waals surface area contributed by atoms with Gasteiger partial charge in [-0.25, -0.2) is 0 Å². The molecule has 3 heteroatoms. The van der Waals surface area contributed by atoms with Crippen LogP contribution in [0, 0.1) is 13.8 Å². The van der Waals surface area contributed by atoms with Gasteiger partial charge in [0.1, 0.15) is 0 Å². The molecule has 1 saturated heterocycles. The van der Waals surface area contributed by atoms with E-state index in [1.54, 1.807) is 4.90 Å². The molecule has 1 aromatic carbocycles. The number of carbonyl (C=O) groups is 1. The molecule has 0 radical (unpaired) electrons. The highest BCUT2D eigenvalue weighted by Gasteiger charge is 2.26. The molecule has 1 amide bonds. The summed E-state index contributed by atoms with van der Waals surface area (Å²) >= 11 is 0. The van der Waals surface area contributed by atoms with Gasteiger partial charge in [0.05, 0.1) is 6.04 Å². The van der Waals surface area contributed by atoms with Crippen molar-refractivity contribution < 1.29 is 4.79 Å². The summed E-state index contributed by atoms with van der Waals surface area (Å²) in [6.45, 7) is 5.10. The molecule has 1 aliphatic heterocycles. The molecule has 17 heavy (non-hydrogen) atoms. The molecule has 1 aliphatic rings. The van der Waals surface area contributed by atoms with Crippen LogP contribution in [0.3, 0.4) is 0 Å². The smallest absolute Gasteiger partial charge is 0.243 e. The molecule has 0 aromatic heterocycles. The third-order valence-electron chi connectivity index (χ3n) is 3.63. The summed E-state index contributed by atoms with van der Waals surface area (Å²) in [6.07, 6.45) is 2.05. The second kappa shape index (κ2) is 4.88. The van der Waals surface area contributed by atoms with Gasteiger partial charge in [-0.2, -0.15) is 0 Å². The molecule has 1 atom stereocenters. The molecule has 0 unspecified atom stereocenters. The fourth-order valence-electron chi connectivity index (χ4n) is 2.35. The van der Waals surface area contributed by atoms with Crippen molar-refractivity contribution in [3.05, 3.63) is 29.3 Å². The number of benzene rings is 1. The SMILES string of the molecule is Cc1cccc(N(C)C(=O)[C@H]2CCCN2)c1C. The number of nitrogens with zero attached hydrogens (tertiary/aromatic N) is 1. The Morgan fingerprint density at radius 2 is 2.18 bits per heavy atom. The number of amides is 1. The Morgan fingerprint density at radius 3 is 2.82 bits per heavy atom. The number of anilines is 1. The minimum absolute atomic E-state index is 0.0000813. The topological polar surface area (TPSA) is 32.3 Å². The third kappa shape index (κ3) is 2.34. The third-order valence-corrected chi connectivity index (χ3v) is 3.63. The van der Waals surface area contributed by atoms with Gasteiger partial charge in [-0.15, -0.1) is 0 Å². The Balaban J connectivity index is 2.21. The summed E-state index contributed by atoms with van der Waals surface area (Å²) in [4.78, 5) is 14.1. The van der Waals surface area contributed by atoms with Gasteiger partial charge in [-0.05, 0) is 50.4 Å². The Bertz CT molecular complexity index is 422. The van der Waals surface area contributed by atoms with E-state index in [1.165, 1.54) is 11.1 Å². The minimum atomic E-state index is -0.0000813. The molecule has 0 saturated carbocycles. The highest BCUT2D eigenvalue weighted by atomic mass is 16.2. The summed E-state index contributed by atoms with van der Waals surface area (Å²) in [7, 11) is 1.87. The summed E-state index contributed by atoms with van der Waals surface area (Å²) < 4.78 is 0. The molecule has 1 aromatic rings. The number of rotatable bonds is 2. The Kier molecular flexibility index (Phi) is 3.48. The number of hydrogen-bond acceptors (Lipinski definition) is 2. The molecule has 92 valence electrons. The van der Waals surface area contributed by atoms with E-state index in [2.05, 4.69) is 25.2 Å². The van der Waals surface area contributed by atoms with Crippen LogP contribution in [0.25, 0.3) is 0 Å². The molecule has 1 N–H and O–H groups in total. The van der Waals surface area contributed by atoms with Gasteiger partial charge in [-0.1, -0.05) is 12.1 Å². The lowest BCUT2D eigenvalue weighted by molar-refractivity contribution is -0.119. The van der Waals surface area contributed by atoms with Crippen LogP contribution in [-0.2, 0) is 4.79 Å². The van der Waals surface area contributed by atoms with Crippen LogP contribution in [0.1, 0.15) is 24.0 Å². The molecular weight excluding hydrogens is 212 g/mol. The summed E-state index contributed by atoms with van der Waals surface area (Å²) in [5.74, 6) is 0.177. The first-order valence-electron chi connectivity index (χ1n) is 6.18. The lowest BCUT2D eigenvalue weighted by atomic mass is 10.1. The summed E-state index contributed by atoms with van der Waals surface area (Å²) in [5, 5.41) is 3.25. The highest BCUT2D eigenvalue weighted by molar-refractivity contribution is 5.97. The molecule has 0 aliphatic carbocycles. The largest absolute Gasteiger partial charge is 0.314 e. The van der Waals surface area contributed by atoms with Crippen LogP contribution in [0.5, 0.6) is 0 Å². The first kappa shape index (κ1) is 12.1. The standard InChI is InChI=1S/C14H20N2O/c1-10-6-4-8-13(11(10)2)16(3)14(17)12-7-5-9-15-12/h4,6,8,12,15H,5,7,9H2,1-3H3/t12-/m1/s1. The monoisotopic (exact) mass is 232 g/mol. The number of aryl methyl sites for hydroxylation is 1. The van der Waals surface area contributed by atoms with Gasteiger partial charge in [0.25, 0.3) is 0 Å². The zero-order chi connectivity index (χ0) is 12.4. The number of nitrogens with one attached hydrogen (secondary N) is 1. The fraction of sp³-hybridized carbons (Fsp3) is 0.500. The van der Waals surface area contributed by atoms with Crippen molar-refractivity contribution >= 4 is 11.6 Å². The lowest BCUT2D eigenvalue weighted by Crippen LogP contribution is -2.42. The average Bonchev–Trinajstić information content (AvgIpc) is 2.84. The summed E-state index contributed by atoms with van der Waals surface area (Å²) in [6, 6.07) is 6.09. The molecular formula is C14H20N2O. The zero-order valence-electron chi connectivity index (χ0n) is 10.8. The molecule has 1 fully saturated rings. The van der Waals surface area contributed by atoms with E-state index in [0.717, 1.165) is 25.1 Å². The first-order valence-corrected chi connectivity index (χ1v) is 6.18. The minimum Gasteiger partial charge on any atom is -0.314 e. The van der Waals surface area contributed by atoms with Gasteiger partial charge in [0, 0.05) is 12.7 Å². The van der Waals surface area contributed by atoms with Crippen molar-refractivity contribution in [2.75, 3.05) is 18.5 Å². The van der Waals surface area contributed by atoms with Crippen molar-refractivity contribution in [1.29, 1.82) is 0 Å². The zero-order valence-corrected chi connectivity index (χ0v) is 10.8. The second-order valence-electron chi connectivity index (χ2n) is 4.77. The van der Waals surface area contributed by atoms with Crippen molar-refractivity contribution in [2.45, 2.75) is 32.7 Å². The van der Waals surface area contributed by atoms with Crippen molar-refractivity contribution in [1.82, 2.24) is 5.32 Å². The normalized spacial score (nSPS) is 19.4. The Hall–Kier alpha value is -1.35. The van der Waals surface area contributed by atoms with Gasteiger partial charge >= 0.3 is 0 Å². The summed E-state index contributed by atoms with van der Waals surface area (Å²) in [5.41, 5.74) is 3.42. The maximum atomic E-state index is 12.3. The average molecular weight is 232 g/mol. The van der Waals surface area contributed by atoms with Crippen LogP contribution in [0.15, 0.2) is 18.2 Å². The fourth-order valence-corrected chi connectivity index (χ4v) is 2.35. The van der Waals surface area contributed by atoms with Gasteiger partial charge in [-0.3, -0.25) is 4.79 Å². The molecule has 0 spiro atoms. The molecule has 0 bridgehead atoms. The van der Waals surface area contributed by atoms with Crippen molar-refractivity contribution in [3.8, 4) is 0 Å². The molecule has 2 rings (SSSR count). The van der Waals surface area contributed by atoms with Crippen LogP contribution in [0.4, 0.5) is 5.69 Å². The maximum Gasteiger partial charge on any atom is 0.243 e. The van der Waals surface area contributed by atoms with E-state index in [4.69, 9.17) is 0 Å². The van der Waals surface area contributed by atoms with E-state index >= 15 is 0 Å². The number of likely N-dealkylation sites (N-methyl/N-ethyl adjacent to an activating group) is 1. The van der Waals surface area contributed by atoms with Gasteiger partial charge in [0.2, 0.25) is 5.91 Å². The van der Waals surface area contributed by atoms with E-state index < -0.39 is 0 Å². The second-order valence-corrected chi connectivity index (χ2v) is 4.77. The van der Waals surface area contributed by atoms with Crippen molar-refractivity contribution in [2.24, 2.45) is 0 Å². The van der Waals surface area contributed by atoms with E-state index in [-0.39, 0.29) is 11.9 Å². The highest BCUT2D eigenvalue weighted by Crippen LogP contribution is 2.23. The van der Waals surface area contributed by atoms with E-state index in [1.807, 2.05) is 19.2 Å². The van der Waals surface area contributed by atoms with Crippen LogP contribution in [-0.4, -0.2) is 25.5 Å². The molecule has 3 nitrogen and oxygen atoms in total. The number of carbonyl (C=O) groups excluding carboxylic acids is 1. The van der Waals surface area contributed by atoms with Gasteiger partial charge in [0.15, 0.2) is 0 Å². The van der Waals surface area contributed by atoms with Crippen LogP contribution in [0.2, 0.25) is 0 Å². The maximum absolute atomic E-state index is 12.3. The van der Waals surface area contributed by atoms with Crippen molar-refractivity contribution in [3.63, 3.8) is 0 Å². The lowest BCUT2D eigenvalue weighted by Gasteiger charge is -2.23. The predicted molar refractivity (Wildman–Crippen MR) is 70.4 cm³/mol. The predicted octanol–water partition coefficient (Wildman–Crippen LogP) is 2.02. The van der Waals surface area contributed by atoms with Crippen LogP contribution < -0.4 is 10.2 Å². The van der Waals surface area contributed by atoms with E-state index in [9.17, 15) is 4.79 Å². The Morgan fingerprint density at radius 1 is 1.41 bits per heavy atom. The number of hydrogen-bond donors (Lipinski definition) is 1.